The number of hydrogen-bond donors (Lipinski definition) is 0. The molecule has 0 saturated carbocycles. The quantitative estimate of drug-likeness (QED) is 0.704. The Balaban J connectivity index is 1.34. The number of hydrogen-bond acceptors (Lipinski definition) is 4. The van der Waals surface area contributed by atoms with Gasteiger partial charge >= 0.3 is 6.18 Å². The molecule has 2 aliphatic rings. The summed E-state index contributed by atoms with van der Waals surface area (Å²) in [5.41, 5.74) is 0.334. The Labute approximate surface area is 178 Å². The Morgan fingerprint density at radius 3 is 2.32 bits per heavy atom. The van der Waals surface area contributed by atoms with Gasteiger partial charge in [0.1, 0.15) is 17.5 Å². The monoisotopic (exact) mass is 435 g/mol. The van der Waals surface area contributed by atoms with Crippen molar-refractivity contribution in [2.75, 3.05) is 33.4 Å². The minimum Gasteiger partial charge on any atom is -0.490 e. The number of alkyl halides is 3. The minimum atomic E-state index is -4.36. The minimum absolute atomic E-state index is 0.0543. The molecule has 0 unspecified atom stereocenters. The normalized spacial score (nSPS) is 19.0. The number of halogens is 3. The maximum Gasteiger partial charge on any atom is 0.416 e. The van der Waals surface area contributed by atoms with Crippen molar-refractivity contribution in [2.24, 2.45) is 0 Å². The van der Waals surface area contributed by atoms with Crippen LogP contribution in [0.3, 0.4) is 0 Å². The van der Waals surface area contributed by atoms with Crippen LogP contribution in [0.2, 0.25) is 0 Å². The number of ether oxygens (including phenoxy) is 3. The van der Waals surface area contributed by atoms with Crippen molar-refractivity contribution in [1.82, 2.24) is 4.90 Å². The van der Waals surface area contributed by atoms with Gasteiger partial charge < -0.3 is 19.1 Å². The van der Waals surface area contributed by atoms with E-state index in [9.17, 15) is 18.0 Å². The molecule has 2 fully saturated rings. The molecule has 2 saturated heterocycles. The van der Waals surface area contributed by atoms with Gasteiger partial charge in [0.25, 0.3) is 5.91 Å². The van der Waals surface area contributed by atoms with E-state index in [2.05, 4.69) is 0 Å². The second-order valence-corrected chi connectivity index (χ2v) is 7.90. The molecule has 8 heteroatoms. The van der Waals surface area contributed by atoms with Crippen LogP contribution in [0.1, 0.15) is 34.3 Å². The van der Waals surface area contributed by atoms with Crippen molar-refractivity contribution >= 4 is 5.91 Å². The number of likely N-dealkylation sites (tertiary alicyclic amines) is 1. The average molecular weight is 435 g/mol. The average Bonchev–Trinajstić information content (AvgIpc) is 2.73. The third-order valence-corrected chi connectivity index (χ3v) is 5.91. The SMILES string of the molecule is COC1(c2cccc(C(=O)N3CCC(Oc4ccc(C(F)(F)F)cc4)CC3)c2)COC1. The first-order chi connectivity index (χ1) is 14.8. The van der Waals surface area contributed by atoms with E-state index in [0.717, 1.165) is 17.7 Å². The lowest BCUT2D eigenvalue weighted by atomic mass is 9.90. The summed E-state index contributed by atoms with van der Waals surface area (Å²) in [6, 6.07) is 12.1. The fourth-order valence-electron chi connectivity index (χ4n) is 3.90. The molecule has 166 valence electrons. The van der Waals surface area contributed by atoms with Crippen molar-refractivity contribution in [3.8, 4) is 5.75 Å². The highest BCUT2D eigenvalue weighted by molar-refractivity contribution is 5.94. The molecule has 5 nitrogen and oxygen atoms in total. The van der Waals surface area contributed by atoms with Gasteiger partial charge in [-0.3, -0.25) is 4.79 Å². The van der Waals surface area contributed by atoms with Crippen molar-refractivity contribution < 1.29 is 32.2 Å². The Hall–Kier alpha value is -2.58. The summed E-state index contributed by atoms with van der Waals surface area (Å²) in [4.78, 5) is 14.8. The second-order valence-electron chi connectivity index (χ2n) is 7.90. The lowest BCUT2D eigenvalue weighted by molar-refractivity contribution is -0.202. The summed E-state index contributed by atoms with van der Waals surface area (Å²) in [5, 5.41) is 0. The van der Waals surface area contributed by atoms with Crippen molar-refractivity contribution in [2.45, 2.75) is 30.7 Å². The fourth-order valence-corrected chi connectivity index (χ4v) is 3.90. The first-order valence-corrected chi connectivity index (χ1v) is 10.2. The first kappa shape index (κ1) is 21.6. The topological polar surface area (TPSA) is 48.0 Å². The lowest BCUT2D eigenvalue weighted by Gasteiger charge is -2.40. The van der Waals surface area contributed by atoms with Crippen LogP contribution in [-0.4, -0.2) is 50.3 Å². The van der Waals surface area contributed by atoms with Gasteiger partial charge in [-0.05, 0) is 42.0 Å². The molecule has 0 bridgehead atoms. The number of nitrogens with zero attached hydrogens (tertiary/aromatic N) is 1. The molecule has 31 heavy (non-hydrogen) atoms. The van der Waals surface area contributed by atoms with E-state index in [4.69, 9.17) is 14.2 Å². The third-order valence-electron chi connectivity index (χ3n) is 5.91. The summed E-state index contributed by atoms with van der Waals surface area (Å²) in [5.74, 6) is 0.347. The van der Waals surface area contributed by atoms with Gasteiger partial charge in [-0.15, -0.1) is 0 Å². The maximum atomic E-state index is 13.0. The summed E-state index contributed by atoms with van der Waals surface area (Å²) < 4.78 is 54.8. The van der Waals surface area contributed by atoms with Gasteiger partial charge in [0.05, 0.1) is 18.8 Å². The first-order valence-electron chi connectivity index (χ1n) is 10.2. The lowest BCUT2D eigenvalue weighted by Crippen LogP contribution is -2.48. The predicted molar refractivity (Wildman–Crippen MR) is 107 cm³/mol. The molecule has 0 aromatic heterocycles. The molecular weight excluding hydrogens is 411 g/mol. The Morgan fingerprint density at radius 2 is 1.77 bits per heavy atom. The maximum absolute atomic E-state index is 13.0. The van der Waals surface area contributed by atoms with Gasteiger partial charge in [0.15, 0.2) is 0 Å². The Morgan fingerprint density at radius 1 is 1.10 bits per heavy atom. The van der Waals surface area contributed by atoms with Gasteiger partial charge in [0.2, 0.25) is 0 Å². The molecule has 2 aromatic carbocycles. The van der Waals surface area contributed by atoms with Crippen LogP contribution in [0, 0.1) is 0 Å². The molecule has 0 radical (unpaired) electrons. The van der Waals surface area contributed by atoms with Gasteiger partial charge in [0, 0.05) is 38.6 Å². The molecular formula is C23H24F3NO4. The van der Waals surface area contributed by atoms with E-state index in [1.165, 1.54) is 12.1 Å². The molecule has 2 heterocycles. The van der Waals surface area contributed by atoms with Crippen LogP contribution in [0.5, 0.6) is 5.75 Å². The smallest absolute Gasteiger partial charge is 0.416 e. The summed E-state index contributed by atoms with van der Waals surface area (Å²) >= 11 is 0. The van der Waals surface area contributed by atoms with E-state index >= 15 is 0 Å². The number of amides is 1. The van der Waals surface area contributed by atoms with E-state index in [0.29, 0.717) is 50.5 Å². The zero-order chi connectivity index (χ0) is 22.1. The third kappa shape index (κ3) is 4.55. The molecule has 1 amide bonds. The van der Waals surface area contributed by atoms with E-state index in [1.807, 2.05) is 18.2 Å². The number of carbonyl (C=O) groups is 1. The second kappa shape index (κ2) is 8.51. The molecule has 2 aliphatic heterocycles. The summed E-state index contributed by atoms with van der Waals surface area (Å²) in [6.07, 6.45) is -3.28. The van der Waals surface area contributed by atoms with Crippen LogP contribution in [0.4, 0.5) is 13.2 Å². The van der Waals surface area contributed by atoms with Crippen molar-refractivity contribution in [3.63, 3.8) is 0 Å². The molecule has 0 atom stereocenters. The highest BCUT2D eigenvalue weighted by Crippen LogP contribution is 2.34. The molecule has 0 spiro atoms. The van der Waals surface area contributed by atoms with Gasteiger partial charge in [-0.25, -0.2) is 0 Å². The molecule has 4 rings (SSSR count). The Bertz CT molecular complexity index is 912. The van der Waals surface area contributed by atoms with Crippen molar-refractivity contribution in [3.05, 3.63) is 65.2 Å². The number of methoxy groups -OCH3 is 1. The number of benzene rings is 2. The highest BCUT2D eigenvalue weighted by Gasteiger charge is 2.41. The number of carbonyl (C=O) groups excluding carboxylic acids is 1. The summed E-state index contributed by atoms with van der Waals surface area (Å²) in [7, 11) is 1.64. The van der Waals surface area contributed by atoms with Crippen LogP contribution in [0.25, 0.3) is 0 Å². The van der Waals surface area contributed by atoms with Crippen LogP contribution < -0.4 is 4.74 Å². The molecule has 0 N–H and O–H groups in total. The fraction of sp³-hybridized carbons (Fsp3) is 0.435. The number of rotatable bonds is 5. The van der Waals surface area contributed by atoms with E-state index in [1.54, 1.807) is 18.1 Å². The van der Waals surface area contributed by atoms with E-state index in [-0.39, 0.29) is 12.0 Å². The standard InChI is InChI=1S/C23H24F3NO4/c1-29-22(14-30-15-22)18-4-2-3-16(13-18)21(28)27-11-9-20(10-12-27)31-19-7-5-17(6-8-19)23(24,25)26/h2-8,13,20H,9-12,14-15H2,1H3. The molecule has 0 aliphatic carbocycles. The van der Waals surface area contributed by atoms with Crippen LogP contribution in [-0.2, 0) is 21.3 Å². The zero-order valence-electron chi connectivity index (χ0n) is 17.2. The summed E-state index contributed by atoms with van der Waals surface area (Å²) in [6.45, 7) is 1.97. The highest BCUT2D eigenvalue weighted by atomic mass is 19.4. The number of piperidine rings is 1. The van der Waals surface area contributed by atoms with Gasteiger partial charge in [-0.2, -0.15) is 13.2 Å². The van der Waals surface area contributed by atoms with Gasteiger partial charge in [-0.1, -0.05) is 12.1 Å². The molecule has 2 aromatic rings. The Kier molecular flexibility index (Phi) is 5.94. The van der Waals surface area contributed by atoms with Crippen LogP contribution >= 0.6 is 0 Å². The predicted octanol–water partition coefficient (Wildman–Crippen LogP) is 4.26. The van der Waals surface area contributed by atoms with Crippen LogP contribution in [0.15, 0.2) is 48.5 Å². The van der Waals surface area contributed by atoms with E-state index < -0.39 is 17.3 Å². The largest absolute Gasteiger partial charge is 0.490 e. The zero-order valence-corrected chi connectivity index (χ0v) is 17.2. The van der Waals surface area contributed by atoms with Crippen molar-refractivity contribution in [1.29, 1.82) is 0 Å².